The number of benzene rings is 3. The van der Waals surface area contributed by atoms with Gasteiger partial charge in [-0.25, -0.2) is 4.98 Å². The molecule has 1 atom stereocenters. The van der Waals surface area contributed by atoms with Crippen LogP contribution in [0.2, 0.25) is 0 Å². The van der Waals surface area contributed by atoms with Crippen molar-refractivity contribution >= 4 is 34.4 Å². The summed E-state index contributed by atoms with van der Waals surface area (Å²) in [6.45, 7) is 11.7. The molecule has 1 aliphatic rings. The number of aryl methyl sites for hydroxylation is 3. The van der Waals surface area contributed by atoms with Crippen LogP contribution in [0.5, 0.6) is 0 Å². The molecular weight excluding hydrogens is 518 g/mol. The van der Waals surface area contributed by atoms with E-state index in [1.807, 2.05) is 86.6 Å². The Morgan fingerprint density at radius 3 is 2.25 bits per heavy atom. The molecule has 204 valence electrons. The van der Waals surface area contributed by atoms with Crippen LogP contribution in [0.15, 0.2) is 84.1 Å². The molecule has 0 aliphatic carbocycles. The zero-order chi connectivity index (χ0) is 28.6. The van der Waals surface area contributed by atoms with Gasteiger partial charge < -0.3 is 10.0 Å². The van der Waals surface area contributed by atoms with Crippen molar-refractivity contribution in [1.82, 2.24) is 4.98 Å². The number of amides is 1. The van der Waals surface area contributed by atoms with E-state index in [0.29, 0.717) is 16.3 Å². The van der Waals surface area contributed by atoms with Gasteiger partial charge in [0.15, 0.2) is 5.76 Å². The van der Waals surface area contributed by atoms with E-state index in [4.69, 9.17) is 0 Å². The SMILES string of the molecule is CCN(CC)c1ccc(C2C(C(=O)c3sc(-c4ccccc4)nc3C)=C(O)C(=O)N2c2ccc(C)c(C)c2)cc1. The molecule has 0 spiro atoms. The first-order valence-electron chi connectivity index (χ1n) is 13.5. The van der Waals surface area contributed by atoms with Crippen LogP contribution in [0.3, 0.4) is 0 Å². The number of hydrogen-bond acceptors (Lipinski definition) is 6. The van der Waals surface area contributed by atoms with Gasteiger partial charge in [0.25, 0.3) is 5.91 Å². The number of aliphatic hydroxyl groups excluding tert-OH is 1. The summed E-state index contributed by atoms with van der Waals surface area (Å²) < 4.78 is 0. The molecule has 5 rings (SSSR count). The fraction of sp³-hybridized carbons (Fsp3) is 0.242. The highest BCUT2D eigenvalue weighted by Crippen LogP contribution is 2.44. The number of aromatic nitrogens is 1. The molecule has 3 aromatic carbocycles. The van der Waals surface area contributed by atoms with E-state index in [0.717, 1.165) is 46.0 Å². The first kappa shape index (κ1) is 27.3. The highest BCUT2D eigenvalue weighted by atomic mass is 32.1. The number of nitrogens with zero attached hydrogens (tertiary/aromatic N) is 3. The van der Waals surface area contributed by atoms with Gasteiger partial charge in [0.05, 0.1) is 22.2 Å². The Morgan fingerprint density at radius 1 is 0.950 bits per heavy atom. The topological polar surface area (TPSA) is 73.7 Å². The lowest BCUT2D eigenvalue weighted by molar-refractivity contribution is -0.117. The van der Waals surface area contributed by atoms with E-state index in [1.54, 1.807) is 6.92 Å². The van der Waals surface area contributed by atoms with Gasteiger partial charge in [-0.1, -0.05) is 48.5 Å². The third kappa shape index (κ3) is 4.82. The molecule has 0 saturated carbocycles. The van der Waals surface area contributed by atoms with Crippen LogP contribution in [-0.2, 0) is 4.79 Å². The van der Waals surface area contributed by atoms with Gasteiger partial charge in [0.2, 0.25) is 5.78 Å². The summed E-state index contributed by atoms with van der Waals surface area (Å²) in [5.74, 6) is -1.49. The van der Waals surface area contributed by atoms with E-state index in [9.17, 15) is 14.7 Å². The predicted molar refractivity (Wildman–Crippen MR) is 162 cm³/mol. The summed E-state index contributed by atoms with van der Waals surface area (Å²) in [6, 6.07) is 22.6. The Labute approximate surface area is 239 Å². The maximum absolute atomic E-state index is 14.2. The van der Waals surface area contributed by atoms with E-state index in [1.165, 1.54) is 16.2 Å². The molecule has 2 heterocycles. The minimum atomic E-state index is -0.783. The molecule has 1 N–H and O–H groups in total. The summed E-state index contributed by atoms with van der Waals surface area (Å²) in [4.78, 5) is 36.7. The summed E-state index contributed by atoms with van der Waals surface area (Å²) >= 11 is 1.28. The third-order valence-corrected chi connectivity index (χ3v) is 8.79. The molecule has 0 bridgehead atoms. The molecule has 0 fully saturated rings. The normalized spacial score (nSPS) is 15.2. The van der Waals surface area contributed by atoms with Crippen molar-refractivity contribution in [3.05, 3.63) is 111 Å². The van der Waals surface area contributed by atoms with Crippen LogP contribution in [0, 0.1) is 20.8 Å². The number of aliphatic hydroxyl groups is 1. The van der Waals surface area contributed by atoms with Crippen LogP contribution in [0.25, 0.3) is 10.6 Å². The molecule has 1 amide bonds. The van der Waals surface area contributed by atoms with Gasteiger partial charge in [0.1, 0.15) is 5.01 Å². The first-order chi connectivity index (χ1) is 19.2. The van der Waals surface area contributed by atoms with Crippen molar-refractivity contribution in [3.8, 4) is 10.6 Å². The fourth-order valence-electron chi connectivity index (χ4n) is 5.18. The summed E-state index contributed by atoms with van der Waals surface area (Å²) in [7, 11) is 0. The average Bonchev–Trinajstić information content (AvgIpc) is 3.48. The number of anilines is 2. The van der Waals surface area contributed by atoms with Crippen LogP contribution in [0.1, 0.15) is 51.9 Å². The smallest absolute Gasteiger partial charge is 0.294 e. The highest BCUT2D eigenvalue weighted by molar-refractivity contribution is 7.17. The monoisotopic (exact) mass is 551 g/mol. The number of hydrogen-bond donors (Lipinski definition) is 1. The second kappa shape index (κ2) is 11.1. The quantitative estimate of drug-likeness (QED) is 0.232. The molecule has 7 heteroatoms. The number of ketones is 1. The number of carbonyl (C=O) groups is 2. The van der Waals surface area contributed by atoms with Crippen LogP contribution >= 0.6 is 11.3 Å². The van der Waals surface area contributed by atoms with E-state index in [2.05, 4.69) is 23.7 Å². The highest BCUT2D eigenvalue weighted by Gasteiger charge is 2.45. The van der Waals surface area contributed by atoms with Gasteiger partial charge >= 0.3 is 0 Å². The first-order valence-corrected chi connectivity index (χ1v) is 14.3. The molecule has 6 nitrogen and oxygen atoms in total. The minimum Gasteiger partial charge on any atom is -0.503 e. The maximum Gasteiger partial charge on any atom is 0.294 e. The Balaban J connectivity index is 1.62. The summed E-state index contributed by atoms with van der Waals surface area (Å²) in [5, 5.41) is 12.0. The van der Waals surface area contributed by atoms with Crippen molar-refractivity contribution < 1.29 is 14.7 Å². The van der Waals surface area contributed by atoms with Crippen LogP contribution in [-0.4, -0.2) is 34.9 Å². The van der Waals surface area contributed by atoms with Crippen molar-refractivity contribution in [1.29, 1.82) is 0 Å². The summed E-state index contributed by atoms with van der Waals surface area (Å²) in [5.41, 5.74) is 6.11. The minimum absolute atomic E-state index is 0.0742. The average molecular weight is 552 g/mol. The standard InChI is InChI=1S/C33H33N3O3S/c1-6-35(7-2)25-17-14-23(15-18-25)28-27(30(38)33(39)36(28)26-16-13-20(3)21(4)19-26)29(37)31-22(5)34-32(40-31)24-11-9-8-10-12-24/h8-19,28,38H,6-7H2,1-5H3. The molecular formula is C33H33N3O3S. The number of rotatable bonds is 8. The molecule has 0 saturated heterocycles. The van der Waals surface area contributed by atoms with Gasteiger partial charge in [-0.3, -0.25) is 14.5 Å². The molecule has 4 aromatic rings. The number of thiazole rings is 1. The molecule has 1 aromatic heterocycles. The lowest BCUT2D eigenvalue weighted by atomic mass is 9.94. The predicted octanol–water partition coefficient (Wildman–Crippen LogP) is 7.36. The second-order valence-corrected chi connectivity index (χ2v) is 11.0. The van der Waals surface area contributed by atoms with Crippen molar-refractivity contribution in [2.24, 2.45) is 0 Å². The summed E-state index contributed by atoms with van der Waals surface area (Å²) in [6.07, 6.45) is 0. The third-order valence-electron chi connectivity index (χ3n) is 7.58. The Bertz CT molecular complexity index is 1600. The Hall–Kier alpha value is -4.23. The molecule has 1 unspecified atom stereocenters. The Kier molecular flexibility index (Phi) is 7.59. The van der Waals surface area contributed by atoms with Crippen molar-refractivity contribution in [2.75, 3.05) is 22.9 Å². The molecule has 0 radical (unpaired) electrons. The van der Waals surface area contributed by atoms with Crippen LogP contribution in [0.4, 0.5) is 11.4 Å². The van der Waals surface area contributed by atoms with E-state index in [-0.39, 0.29) is 11.4 Å². The van der Waals surface area contributed by atoms with Gasteiger partial charge in [-0.05, 0) is 75.6 Å². The molecule has 1 aliphatic heterocycles. The number of carbonyl (C=O) groups excluding carboxylic acids is 2. The second-order valence-electron chi connectivity index (χ2n) is 10.0. The van der Waals surface area contributed by atoms with Crippen molar-refractivity contribution in [2.45, 2.75) is 40.7 Å². The lowest BCUT2D eigenvalue weighted by Gasteiger charge is -2.28. The zero-order valence-corrected chi connectivity index (χ0v) is 24.2. The lowest BCUT2D eigenvalue weighted by Crippen LogP contribution is -2.31. The van der Waals surface area contributed by atoms with Crippen LogP contribution < -0.4 is 9.80 Å². The van der Waals surface area contributed by atoms with E-state index < -0.39 is 17.7 Å². The Morgan fingerprint density at radius 2 is 1.62 bits per heavy atom. The number of Topliss-reactive ketones (excluding diaryl/α,β-unsaturated/α-hetero) is 1. The molecule has 40 heavy (non-hydrogen) atoms. The van der Waals surface area contributed by atoms with Gasteiger partial charge in [-0.2, -0.15) is 0 Å². The van der Waals surface area contributed by atoms with Crippen molar-refractivity contribution in [3.63, 3.8) is 0 Å². The zero-order valence-electron chi connectivity index (χ0n) is 23.4. The maximum atomic E-state index is 14.2. The van der Waals surface area contributed by atoms with E-state index >= 15 is 0 Å². The van der Waals surface area contributed by atoms with Gasteiger partial charge in [0, 0.05) is 30.0 Å². The van der Waals surface area contributed by atoms with Gasteiger partial charge in [-0.15, -0.1) is 11.3 Å². The largest absolute Gasteiger partial charge is 0.503 e. The fourth-order valence-corrected chi connectivity index (χ4v) is 6.21.